The molecule has 1 unspecified atom stereocenters. The molecule has 2 heterocycles. The summed E-state index contributed by atoms with van der Waals surface area (Å²) in [5.41, 5.74) is 2.24. The van der Waals surface area contributed by atoms with Crippen LogP contribution < -0.4 is 10.6 Å². The van der Waals surface area contributed by atoms with E-state index in [-0.39, 0.29) is 12.4 Å². The number of hydrogen-bond donors (Lipinski definition) is 2. The maximum atomic E-state index is 4.31. The first-order valence-electron chi connectivity index (χ1n) is 5.74. The van der Waals surface area contributed by atoms with Crippen LogP contribution in [0.5, 0.6) is 0 Å². The van der Waals surface area contributed by atoms with Crippen molar-refractivity contribution >= 4 is 29.0 Å². The Hall–Kier alpha value is -1.32. The monoisotopic (exact) mass is 249 g/mol. The van der Waals surface area contributed by atoms with Gasteiger partial charge in [0, 0.05) is 29.9 Å². The van der Waals surface area contributed by atoms with Gasteiger partial charge in [0.05, 0.1) is 5.52 Å². The summed E-state index contributed by atoms with van der Waals surface area (Å²) in [4.78, 5) is 4.31. The molecule has 1 fully saturated rings. The van der Waals surface area contributed by atoms with Crippen molar-refractivity contribution in [3.05, 3.63) is 36.5 Å². The number of anilines is 1. The lowest BCUT2D eigenvalue weighted by molar-refractivity contribution is 0.793. The van der Waals surface area contributed by atoms with E-state index in [2.05, 4.69) is 39.9 Å². The van der Waals surface area contributed by atoms with E-state index in [1.165, 1.54) is 17.5 Å². The zero-order valence-corrected chi connectivity index (χ0v) is 10.3. The summed E-state index contributed by atoms with van der Waals surface area (Å²) < 4.78 is 0. The largest absolute Gasteiger partial charge is 0.381 e. The fraction of sp³-hybridized carbons (Fsp3) is 0.308. The highest BCUT2D eigenvalue weighted by Gasteiger charge is 2.13. The van der Waals surface area contributed by atoms with Gasteiger partial charge < -0.3 is 10.6 Å². The molecule has 2 aromatic rings. The lowest BCUT2D eigenvalue weighted by Crippen LogP contribution is -2.21. The SMILES string of the molecule is Cl.c1cnc2ccc(NC3CCNC3)cc2c1. The quantitative estimate of drug-likeness (QED) is 0.859. The van der Waals surface area contributed by atoms with Gasteiger partial charge in [-0.25, -0.2) is 0 Å². The topological polar surface area (TPSA) is 37.0 Å². The first-order valence-corrected chi connectivity index (χ1v) is 5.74. The molecular weight excluding hydrogens is 234 g/mol. The molecule has 4 heteroatoms. The minimum atomic E-state index is 0. The number of rotatable bonds is 2. The van der Waals surface area contributed by atoms with Crippen LogP contribution in [0.25, 0.3) is 10.9 Å². The van der Waals surface area contributed by atoms with Crippen LogP contribution in [0.4, 0.5) is 5.69 Å². The van der Waals surface area contributed by atoms with Crippen molar-refractivity contribution in [3.8, 4) is 0 Å². The van der Waals surface area contributed by atoms with E-state index in [1.54, 1.807) is 0 Å². The van der Waals surface area contributed by atoms with Crippen molar-refractivity contribution in [1.82, 2.24) is 10.3 Å². The molecule has 1 aliphatic rings. The second kappa shape index (κ2) is 5.34. The number of benzene rings is 1. The molecular formula is C13H16ClN3. The van der Waals surface area contributed by atoms with Gasteiger partial charge in [0.15, 0.2) is 0 Å². The molecule has 3 nitrogen and oxygen atoms in total. The second-order valence-electron chi connectivity index (χ2n) is 4.24. The van der Waals surface area contributed by atoms with E-state index in [0.717, 1.165) is 18.6 Å². The minimum Gasteiger partial charge on any atom is -0.381 e. The average molecular weight is 250 g/mol. The minimum absolute atomic E-state index is 0. The van der Waals surface area contributed by atoms with Crippen molar-refractivity contribution in [2.75, 3.05) is 18.4 Å². The average Bonchev–Trinajstić information content (AvgIpc) is 2.82. The number of nitrogens with zero attached hydrogens (tertiary/aromatic N) is 1. The Morgan fingerprint density at radius 2 is 2.24 bits per heavy atom. The zero-order valence-electron chi connectivity index (χ0n) is 9.52. The van der Waals surface area contributed by atoms with Gasteiger partial charge in [0.1, 0.15) is 0 Å². The van der Waals surface area contributed by atoms with Crippen LogP contribution in [0.15, 0.2) is 36.5 Å². The van der Waals surface area contributed by atoms with Gasteiger partial charge in [-0.15, -0.1) is 12.4 Å². The fourth-order valence-corrected chi connectivity index (χ4v) is 2.18. The van der Waals surface area contributed by atoms with Crippen molar-refractivity contribution < 1.29 is 0 Å². The smallest absolute Gasteiger partial charge is 0.0703 e. The summed E-state index contributed by atoms with van der Waals surface area (Å²) in [7, 11) is 0. The molecule has 17 heavy (non-hydrogen) atoms. The van der Waals surface area contributed by atoms with Gasteiger partial charge >= 0.3 is 0 Å². The third-order valence-electron chi connectivity index (χ3n) is 3.03. The summed E-state index contributed by atoms with van der Waals surface area (Å²) in [6.07, 6.45) is 3.03. The van der Waals surface area contributed by atoms with Crippen molar-refractivity contribution in [1.29, 1.82) is 0 Å². The molecule has 2 N–H and O–H groups in total. The molecule has 1 aromatic carbocycles. The van der Waals surface area contributed by atoms with Crippen LogP contribution in [0.2, 0.25) is 0 Å². The first-order chi connectivity index (χ1) is 7.92. The molecule has 1 saturated heterocycles. The van der Waals surface area contributed by atoms with E-state index < -0.39 is 0 Å². The highest BCUT2D eigenvalue weighted by atomic mass is 35.5. The summed E-state index contributed by atoms with van der Waals surface area (Å²) >= 11 is 0. The number of hydrogen-bond acceptors (Lipinski definition) is 3. The Bertz CT molecular complexity index is 495. The number of nitrogens with one attached hydrogen (secondary N) is 2. The summed E-state index contributed by atoms with van der Waals surface area (Å²) in [6, 6.07) is 11.0. The lowest BCUT2D eigenvalue weighted by Gasteiger charge is -2.13. The van der Waals surface area contributed by atoms with E-state index >= 15 is 0 Å². The molecule has 1 atom stereocenters. The van der Waals surface area contributed by atoms with E-state index in [1.807, 2.05) is 12.3 Å². The van der Waals surface area contributed by atoms with E-state index in [0.29, 0.717) is 6.04 Å². The molecule has 0 aliphatic carbocycles. The fourth-order valence-electron chi connectivity index (χ4n) is 2.18. The molecule has 0 saturated carbocycles. The number of aromatic nitrogens is 1. The zero-order chi connectivity index (χ0) is 10.8. The number of halogens is 1. The predicted octanol–water partition coefficient (Wildman–Crippen LogP) is 2.43. The summed E-state index contributed by atoms with van der Waals surface area (Å²) in [5.74, 6) is 0. The molecule has 1 aliphatic heterocycles. The van der Waals surface area contributed by atoms with Crippen LogP contribution in [0.1, 0.15) is 6.42 Å². The summed E-state index contributed by atoms with van der Waals surface area (Å²) in [6.45, 7) is 2.18. The Kier molecular flexibility index (Phi) is 3.82. The molecule has 3 rings (SSSR count). The van der Waals surface area contributed by atoms with Crippen LogP contribution in [0, 0.1) is 0 Å². The van der Waals surface area contributed by atoms with E-state index in [9.17, 15) is 0 Å². The number of fused-ring (bicyclic) bond motifs is 1. The normalized spacial score (nSPS) is 18.9. The van der Waals surface area contributed by atoms with Gasteiger partial charge in [0.2, 0.25) is 0 Å². The Labute approximate surface area is 107 Å². The van der Waals surface area contributed by atoms with Gasteiger partial charge in [-0.3, -0.25) is 4.98 Å². The Morgan fingerprint density at radius 3 is 3.06 bits per heavy atom. The van der Waals surface area contributed by atoms with Crippen molar-refractivity contribution in [2.45, 2.75) is 12.5 Å². The predicted molar refractivity (Wildman–Crippen MR) is 73.9 cm³/mol. The van der Waals surface area contributed by atoms with Crippen molar-refractivity contribution in [2.24, 2.45) is 0 Å². The van der Waals surface area contributed by atoms with Crippen LogP contribution in [-0.4, -0.2) is 24.1 Å². The van der Waals surface area contributed by atoms with Crippen LogP contribution in [-0.2, 0) is 0 Å². The highest BCUT2D eigenvalue weighted by molar-refractivity contribution is 5.85. The molecule has 0 bridgehead atoms. The third kappa shape index (κ3) is 2.68. The molecule has 0 spiro atoms. The molecule has 90 valence electrons. The Balaban J connectivity index is 0.00000108. The van der Waals surface area contributed by atoms with Gasteiger partial charge in [-0.05, 0) is 37.2 Å². The standard InChI is InChI=1S/C13H15N3.ClH/c1-2-10-8-11(3-4-13(10)15-6-1)16-12-5-7-14-9-12;/h1-4,6,8,12,14,16H,5,7,9H2;1H. The molecule has 1 aromatic heterocycles. The maximum Gasteiger partial charge on any atom is 0.0703 e. The van der Waals surface area contributed by atoms with Gasteiger partial charge in [-0.1, -0.05) is 6.07 Å². The molecule has 0 radical (unpaired) electrons. The van der Waals surface area contributed by atoms with Crippen molar-refractivity contribution in [3.63, 3.8) is 0 Å². The second-order valence-corrected chi connectivity index (χ2v) is 4.24. The maximum absolute atomic E-state index is 4.31. The van der Waals surface area contributed by atoms with Gasteiger partial charge in [0.25, 0.3) is 0 Å². The highest BCUT2D eigenvalue weighted by Crippen LogP contribution is 2.18. The van der Waals surface area contributed by atoms with Gasteiger partial charge in [-0.2, -0.15) is 0 Å². The molecule has 0 amide bonds. The van der Waals surface area contributed by atoms with E-state index in [4.69, 9.17) is 0 Å². The Morgan fingerprint density at radius 1 is 1.29 bits per heavy atom. The van der Waals surface area contributed by atoms with Crippen LogP contribution in [0.3, 0.4) is 0 Å². The summed E-state index contributed by atoms with van der Waals surface area (Å²) in [5, 5.41) is 8.09. The number of pyridine rings is 1. The third-order valence-corrected chi connectivity index (χ3v) is 3.03. The lowest BCUT2D eigenvalue weighted by atomic mass is 10.2. The van der Waals surface area contributed by atoms with Crippen LogP contribution >= 0.6 is 12.4 Å². The first kappa shape index (κ1) is 12.1.